The fourth-order valence-corrected chi connectivity index (χ4v) is 2.38. The topological polar surface area (TPSA) is 59.1 Å². The van der Waals surface area contributed by atoms with Crippen LogP contribution < -0.4 is 15.4 Å². The average Bonchev–Trinajstić information content (AvgIpc) is 2.47. The summed E-state index contributed by atoms with van der Waals surface area (Å²) in [5.41, 5.74) is 1.75. The first-order valence-corrected chi connectivity index (χ1v) is 6.65. The molecule has 0 radical (unpaired) electrons. The van der Waals surface area contributed by atoms with Crippen LogP contribution in [0.25, 0.3) is 11.0 Å². The summed E-state index contributed by atoms with van der Waals surface area (Å²) in [5, 5.41) is 6.81. The number of nitrogens with one attached hydrogen (secondary N) is 2. The third kappa shape index (κ3) is 3.11. The Kier molecular flexibility index (Phi) is 4.98. The molecule has 1 aromatic heterocycles. The van der Waals surface area contributed by atoms with E-state index in [4.69, 9.17) is 4.74 Å². The van der Waals surface area contributed by atoms with E-state index in [0.29, 0.717) is 11.9 Å². The first-order chi connectivity index (χ1) is 9.36. The van der Waals surface area contributed by atoms with Crippen LogP contribution in [0, 0.1) is 0 Å². The summed E-state index contributed by atoms with van der Waals surface area (Å²) >= 11 is 0. The van der Waals surface area contributed by atoms with Gasteiger partial charge in [0.2, 0.25) is 0 Å². The Hall–Kier alpha value is -1.59. The van der Waals surface area contributed by atoms with E-state index in [1.165, 1.54) is 0 Å². The number of rotatable bonds is 3. The van der Waals surface area contributed by atoms with Gasteiger partial charge in [0.1, 0.15) is 0 Å². The van der Waals surface area contributed by atoms with E-state index >= 15 is 0 Å². The molecular weight excluding hydrogens is 276 g/mol. The van der Waals surface area contributed by atoms with Crippen molar-refractivity contribution in [3.05, 3.63) is 24.3 Å². The van der Waals surface area contributed by atoms with Crippen LogP contribution in [0.5, 0.6) is 5.88 Å². The summed E-state index contributed by atoms with van der Waals surface area (Å²) in [5.74, 6) is 1.31. The summed E-state index contributed by atoms with van der Waals surface area (Å²) < 4.78 is 5.34. The summed E-state index contributed by atoms with van der Waals surface area (Å²) in [6, 6.07) is 8.27. The standard InChI is InChI=1S/C14H18N4O.ClH/c1-19-14-13(16-10-6-8-15-9-7-10)17-11-4-2-3-5-12(11)18-14;/h2-5,10,15H,6-9H2,1H3,(H,16,17);1H. The highest BCUT2D eigenvalue weighted by atomic mass is 35.5. The lowest BCUT2D eigenvalue weighted by Gasteiger charge is -2.24. The molecule has 0 spiro atoms. The maximum absolute atomic E-state index is 5.34. The van der Waals surface area contributed by atoms with Gasteiger partial charge in [-0.2, -0.15) is 0 Å². The maximum Gasteiger partial charge on any atom is 0.257 e. The van der Waals surface area contributed by atoms with Gasteiger partial charge in [-0.3, -0.25) is 0 Å². The highest BCUT2D eigenvalue weighted by Crippen LogP contribution is 2.24. The number of benzene rings is 1. The Morgan fingerprint density at radius 1 is 1.15 bits per heavy atom. The molecule has 2 N–H and O–H groups in total. The van der Waals surface area contributed by atoms with E-state index in [2.05, 4.69) is 20.6 Å². The molecule has 0 atom stereocenters. The molecule has 0 aliphatic carbocycles. The van der Waals surface area contributed by atoms with Crippen molar-refractivity contribution >= 4 is 29.3 Å². The number of halogens is 1. The molecular formula is C14H19ClN4O. The molecule has 108 valence electrons. The number of methoxy groups -OCH3 is 1. The van der Waals surface area contributed by atoms with Gasteiger partial charge in [0.25, 0.3) is 5.88 Å². The number of nitrogens with zero attached hydrogens (tertiary/aromatic N) is 2. The van der Waals surface area contributed by atoms with Gasteiger partial charge >= 0.3 is 0 Å². The maximum atomic E-state index is 5.34. The predicted octanol–water partition coefficient (Wildman–Crippen LogP) is 2.22. The van der Waals surface area contributed by atoms with E-state index in [0.717, 1.165) is 42.8 Å². The van der Waals surface area contributed by atoms with Gasteiger partial charge in [-0.05, 0) is 38.1 Å². The Labute approximate surface area is 124 Å². The molecule has 6 heteroatoms. The molecule has 0 unspecified atom stereocenters. The van der Waals surface area contributed by atoms with Crippen molar-refractivity contribution in [3.8, 4) is 5.88 Å². The fraction of sp³-hybridized carbons (Fsp3) is 0.429. The van der Waals surface area contributed by atoms with Crippen LogP contribution in [-0.2, 0) is 0 Å². The quantitative estimate of drug-likeness (QED) is 0.909. The molecule has 0 saturated carbocycles. The predicted molar refractivity (Wildman–Crippen MR) is 82.9 cm³/mol. The smallest absolute Gasteiger partial charge is 0.257 e. The number of para-hydroxylation sites is 2. The second-order valence-corrected chi connectivity index (χ2v) is 4.74. The molecule has 3 rings (SSSR count). The van der Waals surface area contributed by atoms with Crippen LogP contribution >= 0.6 is 12.4 Å². The average molecular weight is 295 g/mol. The number of ether oxygens (including phenoxy) is 1. The molecule has 0 amide bonds. The zero-order chi connectivity index (χ0) is 13.1. The summed E-state index contributed by atoms with van der Waals surface area (Å²) in [4.78, 5) is 9.12. The SMILES string of the molecule is COc1nc2ccccc2nc1NC1CCNCC1.Cl. The van der Waals surface area contributed by atoms with Crippen molar-refractivity contribution in [2.45, 2.75) is 18.9 Å². The second-order valence-electron chi connectivity index (χ2n) is 4.74. The highest BCUT2D eigenvalue weighted by Gasteiger charge is 2.16. The highest BCUT2D eigenvalue weighted by molar-refractivity contribution is 5.85. The Balaban J connectivity index is 0.00000147. The van der Waals surface area contributed by atoms with Gasteiger partial charge in [-0.25, -0.2) is 9.97 Å². The number of piperidine rings is 1. The largest absolute Gasteiger partial charge is 0.478 e. The van der Waals surface area contributed by atoms with E-state index in [9.17, 15) is 0 Å². The van der Waals surface area contributed by atoms with E-state index in [-0.39, 0.29) is 12.4 Å². The summed E-state index contributed by atoms with van der Waals surface area (Å²) in [6.45, 7) is 2.09. The van der Waals surface area contributed by atoms with Gasteiger partial charge in [-0.1, -0.05) is 12.1 Å². The normalized spacial score (nSPS) is 15.7. The molecule has 1 saturated heterocycles. The number of fused-ring (bicyclic) bond motifs is 1. The first-order valence-electron chi connectivity index (χ1n) is 6.65. The Morgan fingerprint density at radius 2 is 1.80 bits per heavy atom. The van der Waals surface area contributed by atoms with Crippen molar-refractivity contribution in [1.29, 1.82) is 0 Å². The number of hydrogen-bond acceptors (Lipinski definition) is 5. The number of hydrogen-bond donors (Lipinski definition) is 2. The van der Waals surface area contributed by atoms with E-state index in [1.807, 2.05) is 24.3 Å². The minimum Gasteiger partial charge on any atom is -0.478 e. The zero-order valence-corrected chi connectivity index (χ0v) is 12.2. The third-order valence-electron chi connectivity index (χ3n) is 3.41. The number of anilines is 1. The lowest BCUT2D eigenvalue weighted by molar-refractivity contribution is 0.397. The molecule has 1 aliphatic heterocycles. The van der Waals surface area contributed by atoms with Crippen molar-refractivity contribution < 1.29 is 4.74 Å². The molecule has 1 fully saturated rings. The molecule has 20 heavy (non-hydrogen) atoms. The van der Waals surface area contributed by atoms with Crippen LogP contribution in [0.3, 0.4) is 0 Å². The zero-order valence-electron chi connectivity index (χ0n) is 11.4. The van der Waals surface area contributed by atoms with Crippen molar-refractivity contribution in [2.75, 3.05) is 25.5 Å². The van der Waals surface area contributed by atoms with E-state index < -0.39 is 0 Å². The first kappa shape index (κ1) is 14.8. The van der Waals surface area contributed by atoms with Gasteiger partial charge in [0, 0.05) is 6.04 Å². The van der Waals surface area contributed by atoms with Crippen molar-refractivity contribution in [3.63, 3.8) is 0 Å². The van der Waals surface area contributed by atoms with Crippen molar-refractivity contribution in [1.82, 2.24) is 15.3 Å². The molecule has 0 bridgehead atoms. The fourth-order valence-electron chi connectivity index (χ4n) is 2.38. The molecule has 5 nitrogen and oxygen atoms in total. The monoisotopic (exact) mass is 294 g/mol. The molecule has 2 aromatic rings. The minimum atomic E-state index is 0. The van der Waals surface area contributed by atoms with Gasteiger partial charge in [0.15, 0.2) is 5.82 Å². The molecule has 1 aromatic carbocycles. The third-order valence-corrected chi connectivity index (χ3v) is 3.41. The number of aromatic nitrogens is 2. The minimum absolute atomic E-state index is 0. The second kappa shape index (κ2) is 6.72. The summed E-state index contributed by atoms with van der Waals surface area (Å²) in [6.07, 6.45) is 2.19. The van der Waals surface area contributed by atoms with Crippen LogP contribution in [0.4, 0.5) is 5.82 Å². The van der Waals surface area contributed by atoms with Crippen LogP contribution in [-0.4, -0.2) is 36.2 Å². The van der Waals surface area contributed by atoms with E-state index in [1.54, 1.807) is 7.11 Å². The van der Waals surface area contributed by atoms with Gasteiger partial charge in [-0.15, -0.1) is 12.4 Å². The Morgan fingerprint density at radius 3 is 2.45 bits per heavy atom. The van der Waals surface area contributed by atoms with Crippen LogP contribution in [0.1, 0.15) is 12.8 Å². The lowest BCUT2D eigenvalue weighted by Crippen LogP contribution is -2.35. The summed E-state index contributed by atoms with van der Waals surface area (Å²) in [7, 11) is 1.63. The van der Waals surface area contributed by atoms with Gasteiger partial charge < -0.3 is 15.4 Å². The molecule has 2 heterocycles. The van der Waals surface area contributed by atoms with Crippen LogP contribution in [0.2, 0.25) is 0 Å². The Bertz CT molecular complexity index is 572. The molecule has 1 aliphatic rings. The van der Waals surface area contributed by atoms with Gasteiger partial charge in [0.05, 0.1) is 18.1 Å². The van der Waals surface area contributed by atoms with Crippen molar-refractivity contribution in [2.24, 2.45) is 0 Å². The lowest BCUT2D eigenvalue weighted by atomic mass is 10.1. The van der Waals surface area contributed by atoms with Crippen LogP contribution in [0.15, 0.2) is 24.3 Å².